The quantitative estimate of drug-likeness (QED) is 0.907. The lowest BCUT2D eigenvalue weighted by Gasteiger charge is -2.32. The van der Waals surface area contributed by atoms with Crippen LogP contribution in [-0.4, -0.2) is 55.6 Å². The van der Waals surface area contributed by atoms with E-state index in [1.165, 1.54) is 12.1 Å². The Labute approximate surface area is 148 Å². The molecular weight excluding hydrogens is 317 g/mol. The molecule has 1 N–H and O–H groups in total. The summed E-state index contributed by atoms with van der Waals surface area (Å²) < 4.78 is 13.0. The molecule has 132 valence electrons. The largest absolute Gasteiger partial charge is 0.343 e. The highest BCUT2D eigenvalue weighted by Crippen LogP contribution is 2.20. The van der Waals surface area contributed by atoms with Gasteiger partial charge in [-0.25, -0.2) is 4.39 Å². The first-order chi connectivity index (χ1) is 12.1. The Morgan fingerprint density at radius 3 is 2.12 bits per heavy atom. The van der Waals surface area contributed by atoms with Gasteiger partial charge in [0.05, 0.1) is 13.1 Å². The van der Waals surface area contributed by atoms with Crippen LogP contribution in [0.25, 0.3) is 11.1 Å². The third kappa shape index (κ3) is 5.11. The second kappa shape index (κ2) is 8.23. The van der Waals surface area contributed by atoms with Gasteiger partial charge in [-0.05, 0) is 35.9 Å². The number of carbonyl (C=O) groups excluding carboxylic acids is 1. The van der Waals surface area contributed by atoms with Crippen LogP contribution in [0.4, 0.5) is 4.39 Å². The second-order valence-electron chi connectivity index (χ2n) is 6.56. The minimum Gasteiger partial charge on any atom is -0.343 e. The van der Waals surface area contributed by atoms with Crippen molar-refractivity contribution in [3.63, 3.8) is 0 Å². The van der Waals surface area contributed by atoms with E-state index in [1.807, 2.05) is 24.3 Å². The highest BCUT2D eigenvalue weighted by atomic mass is 19.1. The van der Waals surface area contributed by atoms with E-state index in [1.54, 1.807) is 12.1 Å². The van der Waals surface area contributed by atoms with Crippen LogP contribution in [-0.2, 0) is 11.2 Å². The van der Waals surface area contributed by atoms with Crippen LogP contribution >= 0.6 is 0 Å². The van der Waals surface area contributed by atoms with Crippen molar-refractivity contribution in [2.45, 2.75) is 6.42 Å². The fourth-order valence-electron chi connectivity index (χ4n) is 2.91. The highest BCUT2D eigenvalue weighted by molar-refractivity contribution is 5.78. The summed E-state index contributed by atoms with van der Waals surface area (Å²) in [4.78, 5) is 16.7. The zero-order valence-electron chi connectivity index (χ0n) is 14.5. The number of hydrogen-bond donors (Lipinski definition) is 1. The molecule has 0 saturated carbocycles. The van der Waals surface area contributed by atoms with Crippen LogP contribution < -0.4 is 5.32 Å². The number of nitrogens with one attached hydrogen (secondary N) is 1. The molecule has 4 nitrogen and oxygen atoms in total. The van der Waals surface area contributed by atoms with Crippen LogP contribution in [0.1, 0.15) is 5.56 Å². The fourth-order valence-corrected chi connectivity index (χ4v) is 2.91. The number of rotatable bonds is 5. The summed E-state index contributed by atoms with van der Waals surface area (Å²) in [6, 6.07) is 14.3. The van der Waals surface area contributed by atoms with Gasteiger partial charge >= 0.3 is 0 Å². The van der Waals surface area contributed by atoms with Gasteiger partial charge in [0.25, 0.3) is 0 Å². The lowest BCUT2D eigenvalue weighted by atomic mass is 10.0. The first-order valence-corrected chi connectivity index (χ1v) is 8.62. The smallest absolute Gasteiger partial charge is 0.225 e. The molecule has 1 aliphatic heterocycles. The van der Waals surface area contributed by atoms with E-state index in [4.69, 9.17) is 0 Å². The molecule has 1 saturated heterocycles. The molecule has 0 atom stereocenters. The number of benzene rings is 2. The van der Waals surface area contributed by atoms with E-state index in [9.17, 15) is 9.18 Å². The summed E-state index contributed by atoms with van der Waals surface area (Å²) >= 11 is 0. The maximum Gasteiger partial charge on any atom is 0.225 e. The summed E-state index contributed by atoms with van der Waals surface area (Å²) in [7, 11) is 2.12. The normalized spacial score (nSPS) is 15.9. The summed E-state index contributed by atoms with van der Waals surface area (Å²) in [5, 5.41) is 3.00. The number of piperazine rings is 1. The van der Waals surface area contributed by atoms with E-state index in [-0.39, 0.29) is 11.7 Å². The molecule has 1 aliphatic rings. The van der Waals surface area contributed by atoms with Crippen molar-refractivity contribution in [2.24, 2.45) is 0 Å². The Morgan fingerprint density at radius 2 is 1.52 bits per heavy atom. The van der Waals surface area contributed by atoms with Crippen molar-refractivity contribution in [3.8, 4) is 11.1 Å². The average Bonchev–Trinajstić information content (AvgIpc) is 2.63. The molecule has 0 spiro atoms. The number of carbonyl (C=O) groups is 1. The van der Waals surface area contributed by atoms with Crippen molar-refractivity contribution in [3.05, 3.63) is 59.9 Å². The lowest BCUT2D eigenvalue weighted by Crippen LogP contribution is -2.48. The van der Waals surface area contributed by atoms with E-state index >= 15 is 0 Å². The molecule has 0 aromatic heterocycles. The van der Waals surface area contributed by atoms with Gasteiger partial charge in [0.1, 0.15) is 5.82 Å². The zero-order valence-corrected chi connectivity index (χ0v) is 14.5. The first kappa shape index (κ1) is 17.6. The van der Waals surface area contributed by atoms with Gasteiger partial charge in [-0.1, -0.05) is 36.4 Å². The van der Waals surface area contributed by atoms with Crippen LogP contribution in [0.15, 0.2) is 48.5 Å². The fraction of sp³-hybridized carbons (Fsp3) is 0.350. The molecule has 0 aliphatic carbocycles. The van der Waals surface area contributed by atoms with E-state index in [0.717, 1.165) is 42.9 Å². The number of nitrogens with zero attached hydrogens (tertiary/aromatic N) is 2. The van der Waals surface area contributed by atoms with Crippen molar-refractivity contribution in [1.29, 1.82) is 0 Å². The molecular formula is C20H24FN3O. The third-order valence-electron chi connectivity index (χ3n) is 4.59. The zero-order chi connectivity index (χ0) is 17.6. The molecule has 3 rings (SSSR count). The predicted molar refractivity (Wildman–Crippen MR) is 97.6 cm³/mol. The molecule has 25 heavy (non-hydrogen) atoms. The van der Waals surface area contributed by atoms with E-state index in [2.05, 4.69) is 22.2 Å². The Balaban J connectivity index is 1.49. The lowest BCUT2D eigenvalue weighted by molar-refractivity contribution is -0.121. The van der Waals surface area contributed by atoms with Crippen LogP contribution in [0, 0.1) is 5.82 Å². The standard InChI is InChI=1S/C20H24FN3O/c1-23-10-12-24(13-11-23)15-22-20(25)14-16-2-4-17(5-3-16)18-6-8-19(21)9-7-18/h2-9H,10-15H2,1H3,(H,22,25). The van der Waals surface area contributed by atoms with Gasteiger partial charge < -0.3 is 10.2 Å². The van der Waals surface area contributed by atoms with Crippen LogP contribution in [0.2, 0.25) is 0 Å². The summed E-state index contributed by atoms with van der Waals surface area (Å²) in [6.45, 7) is 4.67. The monoisotopic (exact) mass is 341 g/mol. The van der Waals surface area contributed by atoms with Crippen molar-refractivity contribution in [2.75, 3.05) is 39.9 Å². The minimum atomic E-state index is -0.239. The number of hydrogen-bond acceptors (Lipinski definition) is 3. The highest BCUT2D eigenvalue weighted by Gasteiger charge is 2.14. The first-order valence-electron chi connectivity index (χ1n) is 8.62. The number of halogens is 1. The van der Waals surface area contributed by atoms with Gasteiger partial charge in [-0.15, -0.1) is 0 Å². The molecule has 2 aromatic rings. The molecule has 1 fully saturated rings. The van der Waals surface area contributed by atoms with E-state index in [0.29, 0.717) is 13.1 Å². The summed E-state index contributed by atoms with van der Waals surface area (Å²) in [6.07, 6.45) is 0.372. The molecule has 5 heteroatoms. The average molecular weight is 341 g/mol. The Hall–Kier alpha value is -2.24. The second-order valence-corrected chi connectivity index (χ2v) is 6.56. The molecule has 0 bridgehead atoms. The number of amides is 1. The topological polar surface area (TPSA) is 35.6 Å². The van der Waals surface area contributed by atoms with Gasteiger partial charge in [0, 0.05) is 26.2 Å². The third-order valence-corrected chi connectivity index (χ3v) is 4.59. The SMILES string of the molecule is CN1CCN(CNC(=O)Cc2ccc(-c3ccc(F)cc3)cc2)CC1. The Morgan fingerprint density at radius 1 is 0.960 bits per heavy atom. The van der Waals surface area contributed by atoms with Gasteiger partial charge in [0.2, 0.25) is 5.91 Å². The van der Waals surface area contributed by atoms with Crippen LogP contribution in [0.3, 0.4) is 0 Å². The molecule has 0 radical (unpaired) electrons. The maximum atomic E-state index is 13.0. The Kier molecular flexibility index (Phi) is 5.79. The number of likely N-dealkylation sites (N-methyl/N-ethyl adjacent to an activating group) is 1. The molecule has 1 amide bonds. The predicted octanol–water partition coefficient (Wildman–Crippen LogP) is 2.36. The van der Waals surface area contributed by atoms with Crippen LogP contribution in [0.5, 0.6) is 0 Å². The van der Waals surface area contributed by atoms with Gasteiger partial charge in [0.15, 0.2) is 0 Å². The summed E-state index contributed by atoms with van der Waals surface area (Å²) in [5.41, 5.74) is 2.95. The molecule has 2 aromatic carbocycles. The van der Waals surface area contributed by atoms with Crippen molar-refractivity contribution in [1.82, 2.24) is 15.1 Å². The summed E-state index contributed by atoms with van der Waals surface area (Å²) in [5.74, 6) is -0.203. The maximum absolute atomic E-state index is 13.0. The minimum absolute atomic E-state index is 0.0356. The van der Waals surface area contributed by atoms with Crippen molar-refractivity contribution < 1.29 is 9.18 Å². The Bertz CT molecular complexity index is 692. The van der Waals surface area contributed by atoms with Gasteiger partial charge in [-0.3, -0.25) is 9.69 Å². The van der Waals surface area contributed by atoms with Gasteiger partial charge in [-0.2, -0.15) is 0 Å². The van der Waals surface area contributed by atoms with E-state index < -0.39 is 0 Å². The van der Waals surface area contributed by atoms with Crippen molar-refractivity contribution >= 4 is 5.91 Å². The molecule has 1 heterocycles. The molecule has 0 unspecified atom stereocenters.